The Morgan fingerprint density at radius 1 is 1.19 bits per heavy atom. The Bertz CT molecular complexity index is 879. The summed E-state index contributed by atoms with van der Waals surface area (Å²) in [4.78, 5) is 45.0. The van der Waals surface area contributed by atoms with E-state index in [2.05, 4.69) is 29.0 Å². The predicted octanol–water partition coefficient (Wildman–Crippen LogP) is 1.66. The Morgan fingerprint density at radius 2 is 1.84 bits per heavy atom. The first kappa shape index (κ1) is 24.5. The third kappa shape index (κ3) is 5.81. The van der Waals surface area contributed by atoms with E-state index in [1.54, 1.807) is 4.90 Å². The Hall–Kier alpha value is -2.13. The van der Waals surface area contributed by atoms with E-state index < -0.39 is 11.2 Å². The number of piperidine rings is 1. The van der Waals surface area contributed by atoms with E-state index in [4.69, 9.17) is 5.73 Å². The van der Waals surface area contributed by atoms with Gasteiger partial charge in [0.15, 0.2) is 5.69 Å². The molecule has 2 aliphatic rings. The molecule has 1 amide bonds. The normalized spacial score (nSPS) is 18.5. The molecule has 1 aromatic heterocycles. The maximum absolute atomic E-state index is 13.5. The average molecular weight is 449 g/mol. The lowest BCUT2D eigenvalue weighted by Crippen LogP contribution is -2.51. The van der Waals surface area contributed by atoms with Crippen LogP contribution in [-0.4, -0.2) is 58.1 Å². The molecule has 32 heavy (non-hydrogen) atoms. The number of aromatic amines is 1. The molecule has 0 radical (unpaired) electrons. The second-order valence-corrected chi connectivity index (χ2v) is 9.57. The van der Waals surface area contributed by atoms with Gasteiger partial charge in [0.05, 0.1) is 6.54 Å². The molecular weight excluding hydrogens is 408 g/mol. The monoisotopic (exact) mass is 448 g/mol. The van der Waals surface area contributed by atoms with Crippen molar-refractivity contribution in [2.24, 2.45) is 0 Å². The molecular formula is C23H40N6O3. The van der Waals surface area contributed by atoms with E-state index in [1.165, 1.54) is 4.57 Å². The van der Waals surface area contributed by atoms with Crippen LogP contribution in [0.1, 0.15) is 72.1 Å². The lowest BCUT2D eigenvalue weighted by molar-refractivity contribution is -0.120. The quantitative estimate of drug-likeness (QED) is 0.529. The minimum Gasteiger partial charge on any atom is -0.383 e. The van der Waals surface area contributed by atoms with Crippen molar-refractivity contribution in [3.8, 4) is 0 Å². The highest BCUT2D eigenvalue weighted by Gasteiger charge is 2.34. The zero-order chi connectivity index (χ0) is 23.3. The van der Waals surface area contributed by atoms with Gasteiger partial charge in [-0.2, -0.15) is 0 Å². The fraction of sp³-hybridized carbons (Fsp3) is 0.783. The van der Waals surface area contributed by atoms with E-state index >= 15 is 0 Å². The number of aromatic nitrogens is 2. The van der Waals surface area contributed by atoms with Crippen molar-refractivity contribution in [1.82, 2.24) is 19.8 Å². The molecule has 0 atom stereocenters. The Labute approximate surface area is 190 Å². The van der Waals surface area contributed by atoms with Crippen molar-refractivity contribution < 1.29 is 4.79 Å². The smallest absolute Gasteiger partial charge is 0.330 e. The van der Waals surface area contributed by atoms with Gasteiger partial charge in [-0.05, 0) is 32.1 Å². The number of carbonyl (C=O) groups is 1. The van der Waals surface area contributed by atoms with Crippen LogP contribution in [0.15, 0.2) is 9.59 Å². The lowest BCUT2D eigenvalue weighted by Gasteiger charge is -2.36. The summed E-state index contributed by atoms with van der Waals surface area (Å²) in [5.41, 5.74) is 5.42. The van der Waals surface area contributed by atoms with Crippen LogP contribution in [0.3, 0.4) is 0 Å². The maximum Gasteiger partial charge on any atom is 0.330 e. The number of anilines is 2. The van der Waals surface area contributed by atoms with Gasteiger partial charge in [0.25, 0.3) is 5.56 Å². The molecule has 1 aliphatic heterocycles. The molecule has 0 spiro atoms. The number of hydrogen-bond acceptors (Lipinski definition) is 6. The standard InChI is InChI=1S/C23H40N6O3/c1-4-5-12-28-21(24)20(22(31)26-23(28)32)29(18-8-6-7-9-18)19(30)15-27-13-10-17(11-14-27)25-16(2)3/h16-18,25H,4-15,24H2,1-3H3,(H,26,31,32). The van der Waals surface area contributed by atoms with Crippen LogP contribution in [0.2, 0.25) is 0 Å². The van der Waals surface area contributed by atoms with Crippen molar-refractivity contribution in [3.05, 3.63) is 20.8 Å². The summed E-state index contributed by atoms with van der Waals surface area (Å²) in [6, 6.07) is 0.875. The third-order valence-electron chi connectivity index (χ3n) is 6.66. The van der Waals surface area contributed by atoms with Gasteiger partial charge in [-0.3, -0.25) is 24.0 Å². The fourth-order valence-corrected chi connectivity index (χ4v) is 5.02. The van der Waals surface area contributed by atoms with Gasteiger partial charge >= 0.3 is 5.69 Å². The molecule has 0 aromatic carbocycles. The van der Waals surface area contributed by atoms with Crippen molar-refractivity contribution in [2.45, 2.75) is 96.8 Å². The number of nitrogen functional groups attached to an aromatic ring is 1. The molecule has 1 aliphatic carbocycles. The minimum absolute atomic E-state index is 0.0526. The van der Waals surface area contributed by atoms with Crippen molar-refractivity contribution in [3.63, 3.8) is 0 Å². The number of carbonyl (C=O) groups excluding carboxylic acids is 1. The van der Waals surface area contributed by atoms with Gasteiger partial charge in [0.1, 0.15) is 5.82 Å². The SMILES string of the molecule is CCCCn1c(N)c(N(C(=O)CN2CCC(NC(C)C)CC2)C2CCCC2)c(=O)[nH]c1=O. The Kier molecular flexibility index (Phi) is 8.53. The van der Waals surface area contributed by atoms with Gasteiger partial charge < -0.3 is 16.0 Å². The Morgan fingerprint density at radius 3 is 2.44 bits per heavy atom. The van der Waals surface area contributed by atoms with Crippen molar-refractivity contribution >= 4 is 17.4 Å². The minimum atomic E-state index is -0.569. The summed E-state index contributed by atoms with van der Waals surface area (Å²) >= 11 is 0. The second-order valence-electron chi connectivity index (χ2n) is 9.57. The fourth-order valence-electron chi connectivity index (χ4n) is 5.02. The Balaban J connectivity index is 1.83. The number of rotatable bonds is 9. The summed E-state index contributed by atoms with van der Waals surface area (Å²) < 4.78 is 1.40. The highest BCUT2D eigenvalue weighted by atomic mass is 16.2. The number of nitrogens with two attached hydrogens (primary N) is 1. The largest absolute Gasteiger partial charge is 0.383 e. The number of H-pyrrole nitrogens is 1. The molecule has 180 valence electrons. The van der Waals surface area contributed by atoms with E-state index in [0.717, 1.165) is 64.5 Å². The molecule has 1 saturated carbocycles. The molecule has 0 bridgehead atoms. The van der Waals surface area contributed by atoms with E-state index in [1.807, 2.05) is 6.92 Å². The number of hydrogen-bond donors (Lipinski definition) is 3. The number of nitrogens with one attached hydrogen (secondary N) is 2. The first-order valence-electron chi connectivity index (χ1n) is 12.2. The zero-order valence-corrected chi connectivity index (χ0v) is 19.9. The van der Waals surface area contributed by atoms with Crippen molar-refractivity contribution in [1.29, 1.82) is 0 Å². The molecule has 9 heteroatoms. The molecule has 4 N–H and O–H groups in total. The highest BCUT2D eigenvalue weighted by molar-refractivity contribution is 5.97. The van der Waals surface area contributed by atoms with E-state index in [-0.39, 0.29) is 30.0 Å². The number of unbranched alkanes of at least 4 members (excludes halogenated alkanes) is 1. The van der Waals surface area contributed by atoms with Crippen LogP contribution >= 0.6 is 0 Å². The number of nitrogens with zero attached hydrogens (tertiary/aromatic N) is 3. The molecule has 0 unspecified atom stereocenters. The van der Waals surface area contributed by atoms with Crippen LogP contribution in [0, 0.1) is 0 Å². The molecule has 2 heterocycles. The zero-order valence-electron chi connectivity index (χ0n) is 19.9. The second kappa shape index (κ2) is 11.1. The lowest BCUT2D eigenvalue weighted by atomic mass is 10.0. The molecule has 2 fully saturated rings. The summed E-state index contributed by atoms with van der Waals surface area (Å²) in [5, 5.41) is 3.58. The summed E-state index contributed by atoms with van der Waals surface area (Å²) in [5.74, 6) is -0.00245. The molecule has 9 nitrogen and oxygen atoms in total. The van der Waals surface area contributed by atoms with Gasteiger partial charge in [-0.25, -0.2) is 4.79 Å². The van der Waals surface area contributed by atoms with E-state index in [9.17, 15) is 14.4 Å². The van der Waals surface area contributed by atoms with Gasteiger partial charge in [0.2, 0.25) is 5.91 Å². The maximum atomic E-state index is 13.5. The highest BCUT2D eigenvalue weighted by Crippen LogP contribution is 2.29. The molecule has 3 rings (SSSR count). The van der Waals surface area contributed by atoms with Gasteiger partial charge in [-0.15, -0.1) is 0 Å². The summed E-state index contributed by atoms with van der Waals surface area (Å²) in [7, 11) is 0. The third-order valence-corrected chi connectivity index (χ3v) is 6.66. The van der Waals surface area contributed by atoms with Crippen LogP contribution in [0.25, 0.3) is 0 Å². The average Bonchev–Trinajstić information content (AvgIpc) is 3.26. The van der Waals surface area contributed by atoms with Crippen LogP contribution in [0.5, 0.6) is 0 Å². The van der Waals surface area contributed by atoms with E-state index in [0.29, 0.717) is 18.6 Å². The molecule has 1 aromatic rings. The number of likely N-dealkylation sites (tertiary alicyclic amines) is 1. The first-order valence-corrected chi connectivity index (χ1v) is 12.2. The van der Waals surface area contributed by atoms with Crippen LogP contribution < -0.4 is 27.2 Å². The van der Waals surface area contributed by atoms with Crippen LogP contribution in [-0.2, 0) is 11.3 Å². The predicted molar refractivity (Wildman–Crippen MR) is 128 cm³/mol. The van der Waals surface area contributed by atoms with Crippen molar-refractivity contribution in [2.75, 3.05) is 30.3 Å². The van der Waals surface area contributed by atoms with Gasteiger partial charge in [0, 0.05) is 37.8 Å². The molecule has 1 saturated heterocycles. The summed E-state index contributed by atoms with van der Waals surface area (Å²) in [6.45, 7) is 8.70. The first-order chi connectivity index (χ1) is 15.3. The van der Waals surface area contributed by atoms with Gasteiger partial charge in [-0.1, -0.05) is 40.0 Å². The topological polar surface area (TPSA) is 116 Å². The summed E-state index contributed by atoms with van der Waals surface area (Å²) in [6.07, 6.45) is 7.40. The van der Waals surface area contributed by atoms with Crippen LogP contribution in [0.4, 0.5) is 11.5 Å². The number of amides is 1.